The van der Waals surface area contributed by atoms with Gasteiger partial charge in [0.05, 0.1) is 19.4 Å². The summed E-state index contributed by atoms with van der Waals surface area (Å²) < 4.78 is 10.9. The minimum Gasteiger partial charge on any atom is -0.496 e. The van der Waals surface area contributed by atoms with Crippen LogP contribution in [0.3, 0.4) is 0 Å². The standard InChI is InChI=1S/C16H21NO2/c1-4-14(13-8-5-6-9-16(13)18-3)17-12(2)15-10-7-11-19-15/h5-12,14,17H,4H2,1-3H3/t12-,14?/m1/s1. The molecule has 0 aliphatic rings. The second-order valence-electron chi connectivity index (χ2n) is 4.61. The highest BCUT2D eigenvalue weighted by atomic mass is 16.5. The van der Waals surface area contributed by atoms with Crippen molar-refractivity contribution < 1.29 is 9.15 Å². The Morgan fingerprint density at radius 1 is 1.21 bits per heavy atom. The molecular formula is C16H21NO2. The smallest absolute Gasteiger partial charge is 0.123 e. The zero-order valence-electron chi connectivity index (χ0n) is 11.7. The molecule has 0 aliphatic carbocycles. The number of furan rings is 1. The molecule has 1 N–H and O–H groups in total. The van der Waals surface area contributed by atoms with Crippen molar-refractivity contribution in [1.29, 1.82) is 0 Å². The summed E-state index contributed by atoms with van der Waals surface area (Å²) >= 11 is 0. The molecule has 2 atom stereocenters. The highest BCUT2D eigenvalue weighted by Gasteiger charge is 2.18. The fourth-order valence-corrected chi connectivity index (χ4v) is 2.30. The molecule has 3 nitrogen and oxygen atoms in total. The van der Waals surface area contributed by atoms with Gasteiger partial charge < -0.3 is 14.5 Å². The molecule has 102 valence electrons. The van der Waals surface area contributed by atoms with E-state index in [0.29, 0.717) is 0 Å². The van der Waals surface area contributed by atoms with Crippen LogP contribution in [0.15, 0.2) is 47.1 Å². The van der Waals surface area contributed by atoms with Crippen molar-refractivity contribution in [2.45, 2.75) is 32.4 Å². The minimum atomic E-state index is 0.171. The molecule has 0 saturated heterocycles. The molecule has 0 spiro atoms. The lowest BCUT2D eigenvalue weighted by molar-refractivity contribution is 0.367. The Labute approximate surface area is 114 Å². The summed E-state index contributed by atoms with van der Waals surface area (Å²) in [6.45, 7) is 4.27. The van der Waals surface area contributed by atoms with Crippen molar-refractivity contribution in [3.8, 4) is 5.75 Å². The second kappa shape index (κ2) is 6.43. The molecule has 19 heavy (non-hydrogen) atoms. The molecule has 2 rings (SSSR count). The first-order valence-electron chi connectivity index (χ1n) is 6.68. The van der Waals surface area contributed by atoms with E-state index >= 15 is 0 Å². The maximum Gasteiger partial charge on any atom is 0.123 e. The summed E-state index contributed by atoms with van der Waals surface area (Å²) in [6, 6.07) is 12.5. The van der Waals surface area contributed by atoms with E-state index in [1.165, 1.54) is 5.56 Å². The zero-order chi connectivity index (χ0) is 13.7. The highest BCUT2D eigenvalue weighted by molar-refractivity contribution is 5.36. The SMILES string of the molecule is CCC(N[C@H](C)c1ccco1)c1ccccc1OC. The summed E-state index contributed by atoms with van der Waals surface area (Å²) in [7, 11) is 1.71. The highest BCUT2D eigenvalue weighted by Crippen LogP contribution is 2.29. The van der Waals surface area contributed by atoms with Gasteiger partial charge in [-0.25, -0.2) is 0 Å². The average Bonchev–Trinajstić information content (AvgIpc) is 2.98. The summed E-state index contributed by atoms with van der Waals surface area (Å²) in [6.07, 6.45) is 2.70. The maximum atomic E-state index is 5.44. The van der Waals surface area contributed by atoms with Crippen molar-refractivity contribution in [3.63, 3.8) is 0 Å². The zero-order valence-corrected chi connectivity index (χ0v) is 11.7. The van der Waals surface area contributed by atoms with Gasteiger partial charge in [0.2, 0.25) is 0 Å². The number of ether oxygens (including phenoxy) is 1. The van der Waals surface area contributed by atoms with Gasteiger partial charge in [0, 0.05) is 11.6 Å². The molecule has 1 heterocycles. The van der Waals surface area contributed by atoms with Crippen LogP contribution in [-0.2, 0) is 0 Å². The van der Waals surface area contributed by atoms with Gasteiger partial charge in [-0.05, 0) is 31.5 Å². The molecule has 0 saturated carbocycles. The van der Waals surface area contributed by atoms with Crippen LogP contribution in [0.4, 0.5) is 0 Å². The van der Waals surface area contributed by atoms with Gasteiger partial charge >= 0.3 is 0 Å². The normalized spacial score (nSPS) is 14.1. The molecule has 3 heteroatoms. The molecule has 1 aromatic heterocycles. The van der Waals surface area contributed by atoms with Crippen LogP contribution in [0.5, 0.6) is 5.75 Å². The molecule has 1 unspecified atom stereocenters. The van der Waals surface area contributed by atoms with Gasteiger partial charge in [-0.15, -0.1) is 0 Å². The Kier molecular flexibility index (Phi) is 4.63. The number of nitrogens with one attached hydrogen (secondary N) is 1. The van der Waals surface area contributed by atoms with Crippen molar-refractivity contribution >= 4 is 0 Å². The van der Waals surface area contributed by atoms with Gasteiger partial charge in [0.25, 0.3) is 0 Å². The van der Waals surface area contributed by atoms with Gasteiger partial charge in [-0.1, -0.05) is 25.1 Å². The van der Waals surface area contributed by atoms with E-state index in [0.717, 1.165) is 17.9 Å². The van der Waals surface area contributed by atoms with E-state index < -0.39 is 0 Å². The van der Waals surface area contributed by atoms with Gasteiger partial charge in [-0.3, -0.25) is 0 Å². The van der Waals surface area contributed by atoms with Crippen LogP contribution in [0, 0.1) is 0 Å². The molecule has 1 aromatic carbocycles. The third kappa shape index (κ3) is 3.18. The van der Waals surface area contributed by atoms with Gasteiger partial charge in [-0.2, -0.15) is 0 Å². The topological polar surface area (TPSA) is 34.4 Å². The number of methoxy groups -OCH3 is 1. The van der Waals surface area contributed by atoms with Crippen LogP contribution in [0.25, 0.3) is 0 Å². The lowest BCUT2D eigenvalue weighted by Gasteiger charge is -2.23. The van der Waals surface area contributed by atoms with Crippen molar-refractivity contribution in [3.05, 3.63) is 54.0 Å². The third-order valence-corrected chi connectivity index (χ3v) is 3.34. The molecule has 0 amide bonds. The summed E-state index contributed by atoms with van der Waals surface area (Å²) in [4.78, 5) is 0. The fraction of sp³-hybridized carbons (Fsp3) is 0.375. The number of rotatable bonds is 6. The van der Waals surface area contributed by atoms with Crippen LogP contribution in [0.2, 0.25) is 0 Å². The first kappa shape index (κ1) is 13.7. The quantitative estimate of drug-likeness (QED) is 0.848. The molecular weight excluding hydrogens is 238 g/mol. The second-order valence-corrected chi connectivity index (χ2v) is 4.61. The van der Waals surface area contributed by atoms with Gasteiger partial charge in [0.15, 0.2) is 0 Å². The number of hydrogen-bond donors (Lipinski definition) is 1. The van der Waals surface area contributed by atoms with Crippen LogP contribution in [0.1, 0.15) is 43.7 Å². The van der Waals surface area contributed by atoms with Crippen molar-refractivity contribution in [2.24, 2.45) is 0 Å². The first-order chi connectivity index (χ1) is 9.26. The predicted molar refractivity (Wildman–Crippen MR) is 76.3 cm³/mol. The maximum absolute atomic E-state index is 5.44. The molecule has 2 aromatic rings. The molecule has 0 aliphatic heterocycles. The van der Waals surface area contributed by atoms with E-state index in [-0.39, 0.29) is 12.1 Å². The monoisotopic (exact) mass is 259 g/mol. The van der Waals surface area contributed by atoms with Crippen LogP contribution in [-0.4, -0.2) is 7.11 Å². The van der Waals surface area contributed by atoms with Crippen LogP contribution >= 0.6 is 0 Å². The fourth-order valence-electron chi connectivity index (χ4n) is 2.30. The Morgan fingerprint density at radius 3 is 2.63 bits per heavy atom. The largest absolute Gasteiger partial charge is 0.496 e. The summed E-state index contributed by atoms with van der Waals surface area (Å²) in [5.74, 6) is 1.88. The molecule has 0 bridgehead atoms. The van der Waals surface area contributed by atoms with E-state index in [4.69, 9.17) is 9.15 Å². The number of para-hydroxylation sites is 1. The minimum absolute atomic E-state index is 0.171. The Hall–Kier alpha value is -1.74. The Bertz CT molecular complexity index is 493. The lowest BCUT2D eigenvalue weighted by atomic mass is 10.0. The van der Waals surface area contributed by atoms with E-state index in [1.54, 1.807) is 13.4 Å². The average molecular weight is 259 g/mol. The summed E-state index contributed by atoms with van der Waals surface area (Å²) in [5, 5.41) is 3.59. The van der Waals surface area contributed by atoms with E-state index in [1.807, 2.05) is 30.3 Å². The lowest BCUT2D eigenvalue weighted by Crippen LogP contribution is -2.24. The van der Waals surface area contributed by atoms with Gasteiger partial charge in [0.1, 0.15) is 11.5 Å². The summed E-state index contributed by atoms with van der Waals surface area (Å²) in [5.41, 5.74) is 1.19. The third-order valence-electron chi connectivity index (χ3n) is 3.34. The number of benzene rings is 1. The van der Waals surface area contributed by atoms with Crippen LogP contribution < -0.4 is 10.1 Å². The van der Waals surface area contributed by atoms with Crippen molar-refractivity contribution in [1.82, 2.24) is 5.32 Å². The van der Waals surface area contributed by atoms with E-state index in [2.05, 4.69) is 25.2 Å². The Morgan fingerprint density at radius 2 is 2.00 bits per heavy atom. The number of hydrogen-bond acceptors (Lipinski definition) is 3. The van der Waals surface area contributed by atoms with Crippen molar-refractivity contribution in [2.75, 3.05) is 7.11 Å². The first-order valence-corrected chi connectivity index (χ1v) is 6.68. The Balaban J connectivity index is 2.16. The molecule has 0 radical (unpaired) electrons. The molecule has 0 fully saturated rings. The predicted octanol–water partition coefficient (Wildman–Crippen LogP) is 4.09. The van der Waals surface area contributed by atoms with E-state index in [9.17, 15) is 0 Å².